The van der Waals surface area contributed by atoms with Gasteiger partial charge in [0, 0.05) is 12.1 Å². The Morgan fingerprint density at radius 3 is 2.26 bits per heavy atom. The Morgan fingerprint density at radius 2 is 1.74 bits per heavy atom. The number of benzene rings is 2. The number of nitrogens with zero attached hydrogens (tertiary/aromatic N) is 2. The maximum atomic E-state index is 12.6. The maximum absolute atomic E-state index is 12.6. The summed E-state index contributed by atoms with van der Waals surface area (Å²) in [4.78, 5) is 5.28. The van der Waals surface area contributed by atoms with Gasteiger partial charge in [-0.1, -0.05) is 12.1 Å². The molecule has 120 valence electrons. The Morgan fingerprint density at radius 1 is 1.09 bits per heavy atom. The van der Waals surface area contributed by atoms with Crippen LogP contribution in [-0.4, -0.2) is 19.0 Å². The van der Waals surface area contributed by atoms with Crippen molar-refractivity contribution < 1.29 is 17.9 Å². The molecule has 3 nitrogen and oxygen atoms in total. The van der Waals surface area contributed by atoms with Crippen LogP contribution in [0.3, 0.4) is 0 Å². The Balaban J connectivity index is 2.29. The van der Waals surface area contributed by atoms with Crippen LogP contribution in [0.5, 0.6) is 11.5 Å². The zero-order chi connectivity index (χ0) is 17.0. The zero-order valence-corrected chi connectivity index (χ0v) is 12.7. The molecule has 0 radical (unpaired) electrons. The fourth-order valence-corrected chi connectivity index (χ4v) is 2.02. The number of alkyl halides is 3. The third kappa shape index (κ3) is 4.47. The highest BCUT2D eigenvalue weighted by Crippen LogP contribution is 2.33. The molecule has 0 N–H and O–H groups in total. The average molecular weight is 320 g/mol. The summed E-state index contributed by atoms with van der Waals surface area (Å²) in [7, 11) is 3.79. The van der Waals surface area contributed by atoms with Gasteiger partial charge in [-0.3, -0.25) is 0 Å². The SMILES string of the molecule is [C-]#[N+]c1ccc(CN(C)C)c(Oc2ccc(C(F)(F)F)cc2)c1. The fraction of sp³-hybridized carbons (Fsp3) is 0.235. The first-order valence-electron chi connectivity index (χ1n) is 6.80. The minimum Gasteiger partial charge on any atom is -0.458 e. The van der Waals surface area contributed by atoms with E-state index in [9.17, 15) is 13.2 Å². The van der Waals surface area contributed by atoms with Crippen molar-refractivity contribution in [1.82, 2.24) is 4.90 Å². The molecule has 0 heterocycles. The molecular formula is C17H15F3N2O. The molecule has 0 fully saturated rings. The van der Waals surface area contributed by atoms with Crippen LogP contribution < -0.4 is 4.74 Å². The fourth-order valence-electron chi connectivity index (χ4n) is 2.02. The Hall–Kier alpha value is -2.52. The molecule has 0 spiro atoms. The summed E-state index contributed by atoms with van der Waals surface area (Å²) in [5.74, 6) is 0.757. The summed E-state index contributed by atoms with van der Waals surface area (Å²) >= 11 is 0. The van der Waals surface area contributed by atoms with Crippen molar-refractivity contribution >= 4 is 5.69 Å². The molecule has 0 aliphatic carbocycles. The molecule has 6 heteroatoms. The topological polar surface area (TPSA) is 16.8 Å². The van der Waals surface area contributed by atoms with Crippen LogP contribution in [0, 0.1) is 6.57 Å². The van der Waals surface area contributed by atoms with Crippen LogP contribution in [-0.2, 0) is 12.7 Å². The van der Waals surface area contributed by atoms with E-state index in [2.05, 4.69) is 4.85 Å². The third-order valence-corrected chi connectivity index (χ3v) is 3.08. The summed E-state index contributed by atoms with van der Waals surface area (Å²) in [5, 5.41) is 0. The molecule has 23 heavy (non-hydrogen) atoms. The van der Waals surface area contributed by atoms with Gasteiger partial charge in [0.05, 0.1) is 12.1 Å². The lowest BCUT2D eigenvalue weighted by atomic mass is 10.1. The Labute approximate surface area is 132 Å². The van der Waals surface area contributed by atoms with Gasteiger partial charge in [0.2, 0.25) is 0 Å². The van der Waals surface area contributed by atoms with Gasteiger partial charge in [-0.05, 0) is 44.4 Å². The van der Waals surface area contributed by atoms with Gasteiger partial charge >= 0.3 is 6.18 Å². The third-order valence-electron chi connectivity index (χ3n) is 3.08. The van der Waals surface area contributed by atoms with E-state index in [0.29, 0.717) is 23.7 Å². The first kappa shape index (κ1) is 16.8. The summed E-state index contributed by atoms with van der Waals surface area (Å²) in [5.41, 5.74) is 0.532. The van der Waals surface area contributed by atoms with Crippen LogP contribution in [0.15, 0.2) is 42.5 Å². The molecular weight excluding hydrogens is 305 g/mol. The Bertz CT molecular complexity index is 716. The van der Waals surface area contributed by atoms with Crippen molar-refractivity contribution in [3.8, 4) is 11.5 Å². The largest absolute Gasteiger partial charge is 0.458 e. The van der Waals surface area contributed by atoms with Crippen LogP contribution in [0.25, 0.3) is 4.85 Å². The number of halogens is 3. The first-order chi connectivity index (χ1) is 10.8. The second-order valence-electron chi connectivity index (χ2n) is 5.27. The lowest BCUT2D eigenvalue weighted by molar-refractivity contribution is -0.137. The normalized spacial score (nSPS) is 11.3. The molecule has 0 amide bonds. The van der Waals surface area contributed by atoms with E-state index in [-0.39, 0.29) is 0 Å². The van der Waals surface area contributed by atoms with E-state index >= 15 is 0 Å². The van der Waals surface area contributed by atoms with Crippen molar-refractivity contribution in [1.29, 1.82) is 0 Å². The quantitative estimate of drug-likeness (QED) is 0.728. The van der Waals surface area contributed by atoms with Crippen molar-refractivity contribution in [3.63, 3.8) is 0 Å². The van der Waals surface area contributed by atoms with E-state index in [1.165, 1.54) is 12.1 Å². The van der Waals surface area contributed by atoms with Crippen molar-refractivity contribution in [2.75, 3.05) is 14.1 Å². The molecule has 0 aliphatic rings. The zero-order valence-electron chi connectivity index (χ0n) is 12.7. The van der Waals surface area contributed by atoms with Crippen molar-refractivity contribution in [3.05, 3.63) is 65.0 Å². The van der Waals surface area contributed by atoms with Gasteiger partial charge in [0.1, 0.15) is 11.5 Å². The van der Waals surface area contributed by atoms with Gasteiger partial charge in [-0.2, -0.15) is 13.2 Å². The summed E-state index contributed by atoms with van der Waals surface area (Å²) in [6.45, 7) is 7.65. The number of ether oxygens (including phenoxy) is 1. The summed E-state index contributed by atoms with van der Waals surface area (Å²) in [6.07, 6.45) is -4.38. The second kappa shape index (κ2) is 6.71. The van der Waals surface area contributed by atoms with Crippen molar-refractivity contribution in [2.45, 2.75) is 12.7 Å². The lowest BCUT2D eigenvalue weighted by Crippen LogP contribution is -2.11. The molecule has 0 aliphatic heterocycles. The lowest BCUT2D eigenvalue weighted by Gasteiger charge is -2.16. The highest BCUT2D eigenvalue weighted by atomic mass is 19.4. The van der Waals surface area contributed by atoms with Gasteiger partial charge in [0.25, 0.3) is 0 Å². The van der Waals surface area contributed by atoms with E-state index in [4.69, 9.17) is 11.3 Å². The standard InChI is InChI=1S/C17H15F3N2O/c1-21-14-7-4-12(11-22(2)3)16(10-14)23-15-8-5-13(6-9-15)17(18,19)20/h4-10H,11H2,2-3H3. The molecule has 0 bridgehead atoms. The van der Waals surface area contributed by atoms with E-state index in [0.717, 1.165) is 17.7 Å². The smallest absolute Gasteiger partial charge is 0.416 e. The highest BCUT2D eigenvalue weighted by Gasteiger charge is 2.30. The van der Waals surface area contributed by atoms with Gasteiger partial charge in [-0.15, -0.1) is 0 Å². The minimum atomic E-state index is -4.38. The minimum absolute atomic E-state index is 0.292. The number of hydrogen-bond donors (Lipinski definition) is 0. The predicted molar refractivity (Wildman–Crippen MR) is 81.6 cm³/mol. The molecule has 0 atom stereocenters. The van der Waals surface area contributed by atoms with Crippen LogP contribution in [0.4, 0.5) is 18.9 Å². The van der Waals surface area contributed by atoms with Gasteiger partial charge < -0.3 is 9.64 Å². The number of rotatable bonds is 4. The molecule has 2 aromatic carbocycles. The average Bonchev–Trinajstić information content (AvgIpc) is 2.48. The van der Waals surface area contributed by atoms with Crippen LogP contribution in [0.1, 0.15) is 11.1 Å². The van der Waals surface area contributed by atoms with Gasteiger partial charge in [0.15, 0.2) is 5.69 Å². The van der Waals surface area contributed by atoms with E-state index in [1.54, 1.807) is 18.2 Å². The first-order valence-corrected chi connectivity index (χ1v) is 6.80. The summed E-state index contributed by atoms with van der Waals surface area (Å²) < 4.78 is 43.4. The summed E-state index contributed by atoms with van der Waals surface area (Å²) in [6, 6.07) is 9.54. The van der Waals surface area contributed by atoms with Crippen molar-refractivity contribution in [2.24, 2.45) is 0 Å². The molecule has 2 rings (SSSR count). The van der Waals surface area contributed by atoms with Crippen LogP contribution in [0.2, 0.25) is 0 Å². The molecule has 0 saturated carbocycles. The maximum Gasteiger partial charge on any atom is 0.416 e. The molecule has 0 unspecified atom stereocenters. The Kier molecular flexibility index (Phi) is 4.92. The predicted octanol–water partition coefficient (Wildman–Crippen LogP) is 5.11. The second-order valence-corrected chi connectivity index (χ2v) is 5.27. The molecule has 2 aromatic rings. The molecule has 0 aromatic heterocycles. The monoisotopic (exact) mass is 320 g/mol. The van der Waals surface area contributed by atoms with E-state index < -0.39 is 11.7 Å². The molecule has 0 saturated heterocycles. The highest BCUT2D eigenvalue weighted by molar-refractivity contribution is 5.53. The van der Waals surface area contributed by atoms with E-state index in [1.807, 2.05) is 19.0 Å². The number of hydrogen-bond acceptors (Lipinski definition) is 2. The van der Waals surface area contributed by atoms with Gasteiger partial charge in [-0.25, -0.2) is 4.85 Å². The van der Waals surface area contributed by atoms with Crippen LogP contribution >= 0.6 is 0 Å².